The molecule has 0 aliphatic heterocycles. The molecule has 1 heterocycles. The summed E-state index contributed by atoms with van der Waals surface area (Å²) in [7, 11) is 0. The standard InChI is InChI=1S/C23H17FN2O/c1-16-9-12-19(13-10-16)26-22(14-11-17-5-4-6-18(24)15-17)25-21-8-3-2-7-20(21)23(26)27/h2-15H,1H3/b14-11+. The lowest BCUT2D eigenvalue weighted by Gasteiger charge is -2.11. The van der Waals surface area contributed by atoms with E-state index in [2.05, 4.69) is 4.98 Å². The Kier molecular flexibility index (Phi) is 4.38. The van der Waals surface area contributed by atoms with Gasteiger partial charge in [0.2, 0.25) is 0 Å². The molecular formula is C23H17FN2O. The average molecular weight is 356 g/mol. The number of aryl methyl sites for hydroxylation is 1. The highest BCUT2D eigenvalue weighted by molar-refractivity contribution is 5.80. The van der Waals surface area contributed by atoms with Gasteiger partial charge in [0.1, 0.15) is 11.6 Å². The molecule has 132 valence electrons. The Morgan fingerprint density at radius 2 is 1.70 bits per heavy atom. The van der Waals surface area contributed by atoms with Crippen LogP contribution in [0.25, 0.3) is 28.7 Å². The van der Waals surface area contributed by atoms with Crippen LogP contribution in [0.4, 0.5) is 4.39 Å². The Labute approximate surface area is 156 Å². The summed E-state index contributed by atoms with van der Waals surface area (Å²) in [5, 5.41) is 0.556. The number of rotatable bonds is 3. The predicted octanol–water partition coefficient (Wildman–Crippen LogP) is 5.00. The van der Waals surface area contributed by atoms with Crippen molar-refractivity contribution >= 4 is 23.1 Å². The van der Waals surface area contributed by atoms with Gasteiger partial charge in [0.25, 0.3) is 5.56 Å². The highest BCUT2D eigenvalue weighted by Crippen LogP contribution is 2.16. The summed E-state index contributed by atoms with van der Waals surface area (Å²) in [6, 6.07) is 21.3. The first-order chi connectivity index (χ1) is 13.1. The maximum atomic E-state index is 13.4. The quantitative estimate of drug-likeness (QED) is 0.517. The zero-order valence-electron chi connectivity index (χ0n) is 14.8. The van der Waals surface area contributed by atoms with Crippen molar-refractivity contribution in [3.05, 3.63) is 106 Å². The fourth-order valence-electron chi connectivity index (χ4n) is 2.99. The van der Waals surface area contributed by atoms with Crippen LogP contribution in [0.15, 0.2) is 77.6 Å². The van der Waals surface area contributed by atoms with E-state index in [1.54, 1.807) is 34.9 Å². The fourth-order valence-corrected chi connectivity index (χ4v) is 2.99. The molecule has 0 atom stereocenters. The number of hydrogen-bond donors (Lipinski definition) is 0. The van der Waals surface area contributed by atoms with Gasteiger partial charge in [0.05, 0.1) is 16.6 Å². The van der Waals surface area contributed by atoms with E-state index in [0.29, 0.717) is 22.3 Å². The van der Waals surface area contributed by atoms with Crippen LogP contribution in [0.1, 0.15) is 17.0 Å². The van der Waals surface area contributed by atoms with Crippen molar-refractivity contribution < 1.29 is 4.39 Å². The molecule has 4 heteroatoms. The van der Waals surface area contributed by atoms with Crippen LogP contribution in [0.3, 0.4) is 0 Å². The molecule has 4 aromatic rings. The largest absolute Gasteiger partial charge is 0.268 e. The molecule has 0 unspecified atom stereocenters. The van der Waals surface area contributed by atoms with Crippen molar-refractivity contribution in [2.24, 2.45) is 0 Å². The van der Waals surface area contributed by atoms with Crippen LogP contribution in [-0.2, 0) is 0 Å². The molecule has 0 saturated heterocycles. The van der Waals surface area contributed by atoms with Crippen LogP contribution in [0, 0.1) is 12.7 Å². The smallest absolute Gasteiger partial charge is 0.266 e. The molecule has 0 radical (unpaired) electrons. The van der Waals surface area contributed by atoms with Crippen molar-refractivity contribution in [1.82, 2.24) is 9.55 Å². The van der Waals surface area contributed by atoms with E-state index < -0.39 is 0 Å². The first kappa shape index (κ1) is 16.9. The van der Waals surface area contributed by atoms with Gasteiger partial charge in [-0.3, -0.25) is 9.36 Å². The van der Waals surface area contributed by atoms with Gasteiger partial charge in [-0.2, -0.15) is 0 Å². The highest BCUT2D eigenvalue weighted by atomic mass is 19.1. The van der Waals surface area contributed by atoms with E-state index in [1.165, 1.54) is 12.1 Å². The first-order valence-electron chi connectivity index (χ1n) is 8.64. The summed E-state index contributed by atoms with van der Waals surface area (Å²) < 4.78 is 15.0. The minimum absolute atomic E-state index is 0.136. The van der Waals surface area contributed by atoms with E-state index in [0.717, 1.165) is 11.3 Å². The topological polar surface area (TPSA) is 34.9 Å². The summed E-state index contributed by atoms with van der Waals surface area (Å²) in [6.45, 7) is 2.00. The Hall–Kier alpha value is -3.53. The number of nitrogens with zero attached hydrogens (tertiary/aromatic N) is 2. The van der Waals surface area contributed by atoms with E-state index in [1.807, 2.05) is 49.4 Å². The van der Waals surface area contributed by atoms with Gasteiger partial charge < -0.3 is 0 Å². The van der Waals surface area contributed by atoms with Gasteiger partial charge in [-0.25, -0.2) is 9.37 Å². The van der Waals surface area contributed by atoms with Crippen LogP contribution in [0.5, 0.6) is 0 Å². The molecule has 0 spiro atoms. The zero-order chi connectivity index (χ0) is 18.8. The molecule has 0 amide bonds. The Morgan fingerprint density at radius 1 is 0.926 bits per heavy atom. The second kappa shape index (κ2) is 7.00. The molecule has 0 aliphatic rings. The van der Waals surface area contributed by atoms with Crippen LogP contribution in [-0.4, -0.2) is 9.55 Å². The number of hydrogen-bond acceptors (Lipinski definition) is 2. The van der Waals surface area contributed by atoms with Crippen LogP contribution >= 0.6 is 0 Å². The van der Waals surface area contributed by atoms with Crippen LogP contribution < -0.4 is 5.56 Å². The SMILES string of the molecule is Cc1ccc(-n2c(/C=C/c3cccc(F)c3)nc3ccccc3c2=O)cc1. The minimum atomic E-state index is -0.306. The number of aromatic nitrogens is 2. The molecule has 0 bridgehead atoms. The lowest BCUT2D eigenvalue weighted by atomic mass is 10.2. The third-order valence-electron chi connectivity index (χ3n) is 4.37. The number of benzene rings is 3. The third-order valence-corrected chi connectivity index (χ3v) is 4.37. The average Bonchev–Trinajstić information content (AvgIpc) is 2.68. The van der Waals surface area contributed by atoms with E-state index in [-0.39, 0.29) is 11.4 Å². The Balaban J connectivity index is 1.93. The lowest BCUT2D eigenvalue weighted by molar-refractivity contribution is 0.627. The van der Waals surface area contributed by atoms with Gasteiger partial charge in [0, 0.05) is 0 Å². The summed E-state index contributed by atoms with van der Waals surface area (Å²) >= 11 is 0. The molecule has 3 aromatic carbocycles. The first-order valence-corrected chi connectivity index (χ1v) is 8.64. The van der Waals surface area contributed by atoms with Gasteiger partial charge in [0.15, 0.2) is 0 Å². The van der Waals surface area contributed by atoms with E-state index in [4.69, 9.17) is 0 Å². The summed E-state index contributed by atoms with van der Waals surface area (Å²) in [6.07, 6.45) is 3.49. The van der Waals surface area contributed by atoms with Gasteiger partial charge in [-0.15, -0.1) is 0 Å². The summed E-state index contributed by atoms with van der Waals surface area (Å²) in [4.78, 5) is 17.8. The van der Waals surface area contributed by atoms with Crippen molar-refractivity contribution in [3.63, 3.8) is 0 Å². The van der Waals surface area contributed by atoms with E-state index in [9.17, 15) is 9.18 Å². The fraction of sp³-hybridized carbons (Fsp3) is 0.0435. The van der Waals surface area contributed by atoms with Crippen molar-refractivity contribution in [2.45, 2.75) is 6.92 Å². The molecular weight excluding hydrogens is 339 g/mol. The van der Waals surface area contributed by atoms with Crippen LogP contribution in [0.2, 0.25) is 0 Å². The third kappa shape index (κ3) is 3.42. The van der Waals surface area contributed by atoms with Crippen molar-refractivity contribution in [1.29, 1.82) is 0 Å². The molecule has 3 nitrogen and oxygen atoms in total. The second-order valence-corrected chi connectivity index (χ2v) is 6.35. The van der Waals surface area contributed by atoms with Gasteiger partial charge in [-0.1, -0.05) is 48.0 Å². The molecule has 0 fully saturated rings. The lowest BCUT2D eigenvalue weighted by Crippen LogP contribution is -2.22. The maximum Gasteiger partial charge on any atom is 0.266 e. The normalized spacial score (nSPS) is 11.3. The van der Waals surface area contributed by atoms with Gasteiger partial charge in [-0.05, 0) is 55.0 Å². The number of fused-ring (bicyclic) bond motifs is 1. The second-order valence-electron chi connectivity index (χ2n) is 6.35. The Bertz CT molecular complexity index is 1210. The monoisotopic (exact) mass is 356 g/mol. The minimum Gasteiger partial charge on any atom is -0.268 e. The Morgan fingerprint density at radius 3 is 2.48 bits per heavy atom. The van der Waals surface area contributed by atoms with Crippen molar-refractivity contribution in [3.8, 4) is 5.69 Å². The van der Waals surface area contributed by atoms with Gasteiger partial charge >= 0.3 is 0 Å². The number of para-hydroxylation sites is 1. The van der Waals surface area contributed by atoms with Crippen molar-refractivity contribution in [2.75, 3.05) is 0 Å². The summed E-state index contributed by atoms with van der Waals surface area (Å²) in [5.41, 5.74) is 3.04. The molecule has 4 rings (SSSR count). The highest BCUT2D eigenvalue weighted by Gasteiger charge is 2.10. The molecule has 0 saturated carbocycles. The maximum absolute atomic E-state index is 13.4. The molecule has 1 aromatic heterocycles. The predicted molar refractivity (Wildman–Crippen MR) is 107 cm³/mol. The zero-order valence-corrected chi connectivity index (χ0v) is 14.8. The molecule has 27 heavy (non-hydrogen) atoms. The summed E-state index contributed by atoms with van der Waals surface area (Å²) in [5.74, 6) is 0.186. The number of halogens is 1. The van der Waals surface area contributed by atoms with E-state index >= 15 is 0 Å². The molecule has 0 N–H and O–H groups in total. The molecule has 0 aliphatic carbocycles.